The molecule has 1 nitrogen and oxygen atoms in total. The van der Waals surface area contributed by atoms with E-state index in [0.717, 1.165) is 6.07 Å². The summed E-state index contributed by atoms with van der Waals surface area (Å²) in [4.78, 5) is 12.2. The van der Waals surface area contributed by atoms with Crippen molar-refractivity contribution in [2.24, 2.45) is 0 Å². The van der Waals surface area contributed by atoms with Gasteiger partial charge in [-0.1, -0.05) is 40.9 Å². The highest BCUT2D eigenvalue weighted by Gasteiger charge is 2.18. The molecule has 0 bridgehead atoms. The normalized spacial score (nSPS) is 10.4. The first-order valence-electron chi connectivity index (χ1n) is 4.94. The second-order valence-electron chi connectivity index (χ2n) is 3.55. The highest BCUT2D eigenvalue weighted by molar-refractivity contribution is 6.44. The van der Waals surface area contributed by atoms with Crippen LogP contribution in [0.4, 0.5) is 4.39 Å². The summed E-state index contributed by atoms with van der Waals surface area (Å²) in [5, 5.41) is 0.617. The van der Waals surface area contributed by atoms with E-state index >= 15 is 0 Å². The Hall–Kier alpha value is -1.09. The Bertz CT molecular complexity index is 622. The van der Waals surface area contributed by atoms with Gasteiger partial charge in [0.15, 0.2) is 5.78 Å². The van der Waals surface area contributed by atoms with Crippen LogP contribution in [-0.2, 0) is 0 Å². The predicted molar refractivity (Wildman–Crippen MR) is 71.3 cm³/mol. The summed E-state index contributed by atoms with van der Waals surface area (Å²) in [5.41, 5.74) is 0.0111. The van der Waals surface area contributed by atoms with E-state index in [0.29, 0.717) is 0 Å². The molecule has 0 heterocycles. The molecule has 0 aliphatic rings. The molecule has 0 saturated carbocycles. The fraction of sp³-hybridized carbons (Fsp3) is 0. The van der Waals surface area contributed by atoms with Gasteiger partial charge in [-0.25, -0.2) is 4.39 Å². The molecule has 2 aromatic rings. The molecule has 0 aliphatic carbocycles. The van der Waals surface area contributed by atoms with Gasteiger partial charge in [-0.2, -0.15) is 0 Å². The van der Waals surface area contributed by atoms with Crippen molar-refractivity contribution in [3.8, 4) is 0 Å². The third-order valence-electron chi connectivity index (χ3n) is 2.37. The molecule has 0 radical (unpaired) electrons. The van der Waals surface area contributed by atoms with Crippen LogP contribution in [0.2, 0.25) is 15.1 Å². The molecule has 0 N–H and O–H groups in total. The fourth-order valence-corrected chi connectivity index (χ4v) is 2.05. The van der Waals surface area contributed by atoms with Crippen LogP contribution >= 0.6 is 34.8 Å². The van der Waals surface area contributed by atoms with Gasteiger partial charge < -0.3 is 0 Å². The topological polar surface area (TPSA) is 17.1 Å². The zero-order valence-electron chi connectivity index (χ0n) is 8.88. The zero-order valence-corrected chi connectivity index (χ0v) is 11.2. The Morgan fingerprint density at radius 3 is 2.44 bits per heavy atom. The molecule has 92 valence electrons. The maximum Gasteiger partial charge on any atom is 0.197 e. The highest BCUT2D eigenvalue weighted by Crippen LogP contribution is 2.28. The van der Waals surface area contributed by atoms with Crippen molar-refractivity contribution in [3.63, 3.8) is 0 Å². The van der Waals surface area contributed by atoms with Crippen molar-refractivity contribution in [1.29, 1.82) is 0 Å². The molecule has 2 rings (SSSR count). The van der Waals surface area contributed by atoms with Crippen LogP contribution in [0.15, 0.2) is 36.4 Å². The lowest BCUT2D eigenvalue weighted by atomic mass is 10.0. The van der Waals surface area contributed by atoms with Gasteiger partial charge in [0.1, 0.15) is 5.82 Å². The van der Waals surface area contributed by atoms with Crippen LogP contribution in [0.25, 0.3) is 0 Å². The van der Waals surface area contributed by atoms with E-state index in [9.17, 15) is 9.18 Å². The van der Waals surface area contributed by atoms with E-state index in [4.69, 9.17) is 34.8 Å². The predicted octanol–water partition coefficient (Wildman–Crippen LogP) is 5.02. The lowest BCUT2D eigenvalue weighted by Gasteiger charge is -2.06. The Kier molecular flexibility index (Phi) is 3.91. The van der Waals surface area contributed by atoms with Crippen LogP contribution in [0.1, 0.15) is 15.9 Å². The molecule has 0 fully saturated rings. The standard InChI is InChI=1S/C13H6Cl3FO/c14-7-4-5-11(17)9(6-7)13(18)8-2-1-3-10(15)12(8)16/h1-6H. The van der Waals surface area contributed by atoms with Crippen LogP contribution < -0.4 is 0 Å². The average molecular weight is 304 g/mol. The van der Waals surface area contributed by atoms with Crippen molar-refractivity contribution >= 4 is 40.6 Å². The molecular formula is C13H6Cl3FO. The maximum absolute atomic E-state index is 13.6. The summed E-state index contributed by atoms with van der Waals surface area (Å²) in [7, 11) is 0. The number of carbonyl (C=O) groups excluding carboxylic acids is 1. The first kappa shape index (κ1) is 13.3. The quantitative estimate of drug-likeness (QED) is 0.712. The number of halogens is 4. The minimum atomic E-state index is -0.652. The molecule has 0 aromatic heterocycles. The molecule has 5 heteroatoms. The summed E-state index contributed by atoms with van der Waals surface area (Å²) < 4.78 is 13.6. The van der Waals surface area contributed by atoms with Gasteiger partial charge in [-0.05, 0) is 30.3 Å². The minimum Gasteiger partial charge on any atom is -0.288 e. The van der Waals surface area contributed by atoms with Crippen molar-refractivity contribution in [2.75, 3.05) is 0 Å². The van der Waals surface area contributed by atoms with Gasteiger partial charge in [0, 0.05) is 10.6 Å². The molecule has 0 aliphatic heterocycles. The van der Waals surface area contributed by atoms with E-state index in [1.165, 1.54) is 18.2 Å². The van der Waals surface area contributed by atoms with Crippen molar-refractivity contribution in [3.05, 3.63) is 68.4 Å². The van der Waals surface area contributed by atoms with Gasteiger partial charge in [0.2, 0.25) is 0 Å². The van der Waals surface area contributed by atoms with E-state index in [1.54, 1.807) is 12.1 Å². The number of rotatable bonds is 2. The number of hydrogen-bond acceptors (Lipinski definition) is 1. The fourth-order valence-electron chi connectivity index (χ4n) is 1.50. The summed E-state index contributed by atoms with van der Waals surface area (Å²) in [6.07, 6.45) is 0. The molecular weight excluding hydrogens is 297 g/mol. The van der Waals surface area contributed by atoms with Crippen molar-refractivity contribution in [2.45, 2.75) is 0 Å². The van der Waals surface area contributed by atoms with Gasteiger partial charge in [-0.3, -0.25) is 4.79 Å². The summed E-state index contributed by atoms with van der Waals surface area (Å²) >= 11 is 17.5. The maximum atomic E-state index is 13.6. The number of carbonyl (C=O) groups is 1. The Morgan fingerprint density at radius 2 is 1.72 bits per heavy atom. The smallest absolute Gasteiger partial charge is 0.197 e. The SMILES string of the molecule is O=C(c1cc(Cl)ccc1F)c1cccc(Cl)c1Cl. The third-order valence-corrected chi connectivity index (χ3v) is 3.42. The van der Waals surface area contributed by atoms with Crippen LogP contribution in [-0.4, -0.2) is 5.78 Å². The number of hydrogen-bond donors (Lipinski definition) is 0. The van der Waals surface area contributed by atoms with Crippen LogP contribution in [0.5, 0.6) is 0 Å². The monoisotopic (exact) mass is 302 g/mol. The lowest BCUT2D eigenvalue weighted by molar-refractivity contribution is 0.103. The van der Waals surface area contributed by atoms with Gasteiger partial charge in [0.05, 0.1) is 15.6 Å². The Labute approximate surface area is 118 Å². The third kappa shape index (κ3) is 2.51. The van der Waals surface area contributed by atoms with Crippen LogP contribution in [0.3, 0.4) is 0 Å². The van der Waals surface area contributed by atoms with Crippen LogP contribution in [0, 0.1) is 5.82 Å². The summed E-state index contributed by atoms with van der Waals surface area (Å²) in [6, 6.07) is 8.37. The Balaban J connectivity index is 2.55. The summed E-state index contributed by atoms with van der Waals surface area (Å²) in [5.74, 6) is -1.21. The molecule has 0 spiro atoms. The molecule has 18 heavy (non-hydrogen) atoms. The van der Waals surface area contributed by atoms with E-state index in [1.807, 2.05) is 0 Å². The molecule has 0 amide bonds. The molecule has 0 saturated heterocycles. The second-order valence-corrected chi connectivity index (χ2v) is 4.78. The number of ketones is 1. The van der Waals surface area contributed by atoms with Crippen molar-refractivity contribution in [1.82, 2.24) is 0 Å². The number of benzene rings is 2. The molecule has 0 unspecified atom stereocenters. The highest BCUT2D eigenvalue weighted by atomic mass is 35.5. The minimum absolute atomic E-state index is 0.101. The largest absolute Gasteiger partial charge is 0.288 e. The molecule has 0 atom stereocenters. The molecule has 2 aromatic carbocycles. The first-order valence-corrected chi connectivity index (χ1v) is 6.08. The van der Waals surface area contributed by atoms with E-state index < -0.39 is 11.6 Å². The zero-order chi connectivity index (χ0) is 13.3. The second kappa shape index (κ2) is 5.27. The Morgan fingerprint density at radius 1 is 1.00 bits per heavy atom. The van der Waals surface area contributed by atoms with Gasteiger partial charge in [-0.15, -0.1) is 0 Å². The van der Waals surface area contributed by atoms with Crippen molar-refractivity contribution < 1.29 is 9.18 Å². The van der Waals surface area contributed by atoms with E-state index in [-0.39, 0.29) is 26.2 Å². The van der Waals surface area contributed by atoms with E-state index in [2.05, 4.69) is 0 Å². The van der Waals surface area contributed by atoms with Gasteiger partial charge >= 0.3 is 0 Å². The first-order chi connectivity index (χ1) is 8.50. The average Bonchev–Trinajstić information content (AvgIpc) is 2.35. The van der Waals surface area contributed by atoms with Gasteiger partial charge in [0.25, 0.3) is 0 Å². The summed E-state index contributed by atoms with van der Waals surface area (Å²) in [6.45, 7) is 0. The lowest BCUT2D eigenvalue weighted by Crippen LogP contribution is -2.05.